The number of esters is 8. The van der Waals surface area contributed by atoms with E-state index in [0.717, 1.165) is 116 Å². The lowest BCUT2D eigenvalue weighted by Gasteiger charge is -2.36. The van der Waals surface area contributed by atoms with E-state index < -0.39 is 0 Å². The molecule has 0 radical (unpaired) electrons. The second kappa shape index (κ2) is 22.5. The first-order valence-corrected chi connectivity index (χ1v) is 29.7. The maximum atomic E-state index is 12.0. The largest absolute Gasteiger partial charge is 0.465 e. The van der Waals surface area contributed by atoms with Crippen molar-refractivity contribution in [1.82, 2.24) is 0 Å². The average Bonchev–Trinajstić information content (AvgIpc) is 4.29. The molecule has 424 valence electrons. The Morgan fingerprint density at radius 2 is 0.882 bits per heavy atom. The Bertz CT molecular complexity index is 2230. The van der Waals surface area contributed by atoms with E-state index in [2.05, 4.69) is 0 Å². The highest BCUT2D eigenvalue weighted by Crippen LogP contribution is 2.64. The molecule has 4 heterocycles. The molecule has 4 saturated heterocycles. The van der Waals surface area contributed by atoms with Gasteiger partial charge in [-0.15, -0.1) is 0 Å². The van der Waals surface area contributed by atoms with Crippen LogP contribution in [0, 0.1) is 92.7 Å². The Labute approximate surface area is 449 Å². The van der Waals surface area contributed by atoms with Crippen LogP contribution in [0.1, 0.15) is 184 Å². The lowest BCUT2D eigenvalue weighted by Crippen LogP contribution is -2.41. The molecule has 0 aromatic carbocycles. The first-order valence-electron chi connectivity index (χ1n) is 29.7. The topological polar surface area (TPSA) is 210 Å². The minimum Gasteiger partial charge on any atom is -0.465 e. The predicted octanol–water partition coefficient (Wildman–Crippen LogP) is 9.23. The zero-order valence-electron chi connectivity index (χ0n) is 46.7. The van der Waals surface area contributed by atoms with Crippen molar-refractivity contribution in [3.63, 3.8) is 0 Å². The minimum atomic E-state index is -0.330. The van der Waals surface area contributed by atoms with Crippen LogP contribution < -0.4 is 0 Å². The minimum absolute atomic E-state index is 0.00768. The zero-order chi connectivity index (χ0) is 54.5. The van der Waals surface area contributed by atoms with E-state index in [1.807, 2.05) is 55.4 Å². The molecule has 4 spiro atoms. The molecular weight excluding hydrogens is 977 g/mol. The maximum Gasteiger partial charge on any atom is 0.312 e. The number of rotatable bonds is 12. The fraction of sp³-hybridized carbons (Fsp3) is 0.867. The van der Waals surface area contributed by atoms with Gasteiger partial charge in [-0.1, -0.05) is 55.4 Å². The molecule has 20 unspecified atom stereocenters. The van der Waals surface area contributed by atoms with Gasteiger partial charge in [-0.3, -0.25) is 38.4 Å². The summed E-state index contributed by atoms with van der Waals surface area (Å²) in [6.45, 7) is 17.8. The van der Waals surface area contributed by atoms with E-state index in [9.17, 15) is 38.4 Å². The van der Waals surface area contributed by atoms with Gasteiger partial charge in [0.25, 0.3) is 0 Å². The lowest BCUT2D eigenvalue weighted by atomic mass is 9.71. The van der Waals surface area contributed by atoms with Crippen LogP contribution in [0.4, 0.5) is 0 Å². The number of ether oxygens (including phenoxy) is 8. The molecule has 20 atom stereocenters. The molecule has 12 rings (SSSR count). The highest BCUT2D eigenvalue weighted by Gasteiger charge is 2.65. The third kappa shape index (κ3) is 10.7. The molecule has 8 bridgehead atoms. The summed E-state index contributed by atoms with van der Waals surface area (Å²) in [6.07, 6.45) is 17.8. The average molecular weight is 1070 g/mol. The second-order valence-corrected chi connectivity index (χ2v) is 26.2. The molecule has 12 fully saturated rings. The molecule has 76 heavy (non-hydrogen) atoms. The Morgan fingerprint density at radius 3 is 1.28 bits per heavy atom. The third-order valence-corrected chi connectivity index (χ3v) is 21.8. The van der Waals surface area contributed by atoms with E-state index in [1.54, 1.807) is 0 Å². The standard InChI is InChI=1S/4C15H22O4/c1-3-9(2)14(17)19-12-5-11-4-10(12)6-15(11)7-13(16)18-8-15;1-3-9(2)14(17)19-12-5-10-4-11(12)15(6-10)7-13(16)18-8-15;1-3-9(2)13(16)19-12-7-11-6-10(12)8-15(11)4-5-18-14(15)17;1-3-9(2)13(16)19-12-7-10-6-11(12)15(8-10)4-5-18-14(15)17/h4*9-12H,3-8H2,1-2H3. The van der Waals surface area contributed by atoms with Crippen molar-refractivity contribution >= 4 is 47.8 Å². The number of fused-ring (bicyclic) bond motifs is 12. The van der Waals surface area contributed by atoms with Crippen molar-refractivity contribution in [2.75, 3.05) is 26.4 Å². The summed E-state index contributed by atoms with van der Waals surface area (Å²) in [5.74, 6) is 2.68. The number of carbonyl (C=O) groups is 8. The van der Waals surface area contributed by atoms with Crippen molar-refractivity contribution in [3.8, 4) is 0 Å². The molecule has 0 N–H and O–H groups in total. The van der Waals surface area contributed by atoms with Crippen molar-refractivity contribution in [2.45, 2.75) is 208 Å². The third-order valence-electron chi connectivity index (χ3n) is 21.8. The first-order chi connectivity index (χ1) is 36.2. The summed E-state index contributed by atoms with van der Waals surface area (Å²) in [6, 6.07) is 0. The van der Waals surface area contributed by atoms with Crippen LogP contribution in [0.15, 0.2) is 0 Å². The maximum absolute atomic E-state index is 12.0. The van der Waals surface area contributed by atoms with Gasteiger partial charge in [0.2, 0.25) is 0 Å². The van der Waals surface area contributed by atoms with Crippen molar-refractivity contribution < 1.29 is 76.3 Å². The smallest absolute Gasteiger partial charge is 0.312 e. The van der Waals surface area contributed by atoms with Gasteiger partial charge in [0.15, 0.2) is 0 Å². The highest BCUT2D eigenvalue weighted by molar-refractivity contribution is 5.81. The molecular formula is C60H88O16. The summed E-state index contributed by atoms with van der Waals surface area (Å²) in [5.41, 5.74) is -0.519. The zero-order valence-corrected chi connectivity index (χ0v) is 46.7. The van der Waals surface area contributed by atoms with Gasteiger partial charge in [0.05, 0.1) is 73.8 Å². The highest BCUT2D eigenvalue weighted by atomic mass is 16.6. The van der Waals surface area contributed by atoms with E-state index in [1.165, 1.54) is 0 Å². The number of carbonyl (C=O) groups excluding carboxylic acids is 8. The number of hydrogen-bond acceptors (Lipinski definition) is 16. The normalized spacial score (nSPS) is 41.6. The van der Waals surface area contributed by atoms with Gasteiger partial charge < -0.3 is 37.9 Å². The van der Waals surface area contributed by atoms with E-state index in [0.29, 0.717) is 80.7 Å². The molecule has 12 aliphatic rings. The molecule has 0 amide bonds. The Balaban J connectivity index is 0.000000124. The Morgan fingerprint density at radius 1 is 0.461 bits per heavy atom. The van der Waals surface area contributed by atoms with Crippen LogP contribution in [0.5, 0.6) is 0 Å². The second-order valence-electron chi connectivity index (χ2n) is 26.2. The van der Waals surface area contributed by atoms with Crippen molar-refractivity contribution in [2.24, 2.45) is 92.7 Å². The monoisotopic (exact) mass is 1060 g/mol. The number of hydrogen-bond donors (Lipinski definition) is 0. The fourth-order valence-corrected chi connectivity index (χ4v) is 16.5. The van der Waals surface area contributed by atoms with E-state index >= 15 is 0 Å². The molecule has 8 aliphatic carbocycles. The summed E-state index contributed by atoms with van der Waals surface area (Å²) in [7, 11) is 0. The van der Waals surface area contributed by atoms with Crippen LogP contribution >= 0.6 is 0 Å². The predicted molar refractivity (Wildman–Crippen MR) is 273 cm³/mol. The molecule has 16 heteroatoms. The summed E-state index contributed by atoms with van der Waals surface area (Å²) >= 11 is 0. The van der Waals surface area contributed by atoms with Gasteiger partial charge >= 0.3 is 47.8 Å². The number of cyclic esters (lactones) is 4. The lowest BCUT2D eigenvalue weighted by molar-refractivity contribution is -0.164. The van der Waals surface area contributed by atoms with E-state index in [4.69, 9.17) is 37.9 Å². The van der Waals surface area contributed by atoms with Gasteiger partial charge in [-0.25, -0.2) is 0 Å². The van der Waals surface area contributed by atoms with Crippen LogP contribution in [-0.4, -0.2) is 98.6 Å². The molecule has 8 saturated carbocycles. The fourth-order valence-electron chi connectivity index (χ4n) is 16.5. The van der Waals surface area contributed by atoms with Crippen molar-refractivity contribution in [3.05, 3.63) is 0 Å². The molecule has 16 nitrogen and oxygen atoms in total. The van der Waals surface area contributed by atoms with Crippen LogP contribution in [0.2, 0.25) is 0 Å². The van der Waals surface area contributed by atoms with Crippen LogP contribution in [0.25, 0.3) is 0 Å². The quantitative estimate of drug-likeness (QED) is 0.132. The molecule has 0 aromatic rings. The van der Waals surface area contributed by atoms with Crippen LogP contribution in [-0.2, 0) is 76.3 Å². The van der Waals surface area contributed by atoms with Gasteiger partial charge in [-0.2, -0.15) is 0 Å². The molecule has 4 aliphatic heterocycles. The summed E-state index contributed by atoms with van der Waals surface area (Å²) in [4.78, 5) is 94.4. The summed E-state index contributed by atoms with van der Waals surface area (Å²) < 4.78 is 43.4. The Hall–Kier alpha value is -4.24. The van der Waals surface area contributed by atoms with Gasteiger partial charge in [-0.05, 0) is 151 Å². The first kappa shape index (κ1) is 56.5. The van der Waals surface area contributed by atoms with Crippen molar-refractivity contribution in [1.29, 1.82) is 0 Å². The molecule has 0 aromatic heterocycles. The summed E-state index contributed by atoms with van der Waals surface area (Å²) in [5, 5.41) is 0. The Kier molecular flexibility index (Phi) is 16.7. The van der Waals surface area contributed by atoms with Gasteiger partial charge in [0.1, 0.15) is 24.4 Å². The van der Waals surface area contributed by atoms with Gasteiger partial charge in [0, 0.05) is 22.7 Å². The van der Waals surface area contributed by atoms with Crippen LogP contribution in [0.3, 0.4) is 0 Å². The van der Waals surface area contributed by atoms with E-state index in [-0.39, 0.29) is 123 Å². The SMILES string of the molecule is CCC(C)C(=O)OC1CC2CC1C1(CCOC1=O)C2.CCC(C)C(=O)OC1CC2CC1C1(COC(=O)C1)C2.CCC(C)C(=O)OC1CC2CC1CC21CCOC1=O.CCC(C)C(=O)OC1CC2CC1CC21COC(=O)C1.